The lowest BCUT2D eigenvalue weighted by molar-refractivity contribution is -0.384. The number of halogens is 1. The van der Waals surface area contributed by atoms with Gasteiger partial charge in [-0.1, -0.05) is 12.1 Å². The lowest BCUT2D eigenvalue weighted by Gasteiger charge is -2.10. The molecule has 0 saturated heterocycles. The highest BCUT2D eigenvalue weighted by Crippen LogP contribution is 2.29. The maximum absolute atomic E-state index is 13.1. The molecule has 11 heteroatoms. The molecule has 0 heterocycles. The topological polar surface area (TPSA) is 123 Å². The zero-order chi connectivity index (χ0) is 23.3. The van der Waals surface area contributed by atoms with Gasteiger partial charge in [0.25, 0.3) is 15.7 Å². The van der Waals surface area contributed by atoms with Crippen LogP contribution >= 0.6 is 0 Å². The molecule has 2 N–H and O–H groups in total. The van der Waals surface area contributed by atoms with Crippen molar-refractivity contribution in [1.82, 2.24) is 0 Å². The molecular weight excluding hydrogens is 439 g/mol. The maximum atomic E-state index is 13.1. The molecule has 0 radical (unpaired) electrons. The predicted octanol–water partition coefficient (Wildman–Crippen LogP) is 4.38. The quantitative estimate of drug-likeness (QED) is 0.293. The Bertz CT molecular complexity index is 1260. The zero-order valence-corrected chi connectivity index (χ0v) is 17.9. The van der Waals surface area contributed by atoms with E-state index in [9.17, 15) is 22.9 Å². The van der Waals surface area contributed by atoms with E-state index < -0.39 is 26.5 Å². The highest BCUT2D eigenvalue weighted by molar-refractivity contribution is 7.92. The summed E-state index contributed by atoms with van der Waals surface area (Å²) in [4.78, 5) is 10.5. The van der Waals surface area contributed by atoms with Crippen molar-refractivity contribution in [2.24, 2.45) is 5.10 Å². The van der Waals surface area contributed by atoms with Gasteiger partial charge in [-0.25, -0.2) is 12.8 Å². The van der Waals surface area contributed by atoms with E-state index in [1.165, 1.54) is 55.6 Å². The van der Waals surface area contributed by atoms with Crippen molar-refractivity contribution in [3.05, 3.63) is 88.2 Å². The summed E-state index contributed by atoms with van der Waals surface area (Å²) in [5.41, 5.74) is 3.44. The summed E-state index contributed by atoms with van der Waals surface area (Å²) in [7, 11) is -2.59. The van der Waals surface area contributed by atoms with E-state index in [1.54, 1.807) is 19.1 Å². The molecule has 0 saturated carbocycles. The average Bonchev–Trinajstić information content (AvgIpc) is 2.78. The molecule has 0 bridgehead atoms. The van der Waals surface area contributed by atoms with Crippen LogP contribution < -0.4 is 14.9 Å². The lowest BCUT2D eigenvalue weighted by atomic mass is 10.1. The second kappa shape index (κ2) is 9.43. The van der Waals surface area contributed by atoms with E-state index in [1.807, 2.05) is 0 Å². The van der Waals surface area contributed by atoms with E-state index in [0.29, 0.717) is 17.0 Å². The van der Waals surface area contributed by atoms with Crippen LogP contribution in [0.1, 0.15) is 12.5 Å². The number of nitrogens with one attached hydrogen (secondary N) is 2. The van der Waals surface area contributed by atoms with Gasteiger partial charge < -0.3 is 4.74 Å². The number of ether oxygens (including phenoxy) is 1. The second-order valence-electron chi connectivity index (χ2n) is 6.59. The third-order valence-electron chi connectivity index (χ3n) is 4.42. The summed E-state index contributed by atoms with van der Waals surface area (Å²) in [6.45, 7) is 1.64. The number of hydrogen-bond acceptors (Lipinski definition) is 7. The van der Waals surface area contributed by atoms with Gasteiger partial charge in [0.15, 0.2) is 0 Å². The van der Waals surface area contributed by atoms with Crippen LogP contribution in [0.5, 0.6) is 5.75 Å². The summed E-state index contributed by atoms with van der Waals surface area (Å²) >= 11 is 0. The van der Waals surface area contributed by atoms with Gasteiger partial charge in [-0.05, 0) is 61.0 Å². The number of hydrogen-bond donors (Lipinski definition) is 2. The molecule has 0 atom stereocenters. The first-order chi connectivity index (χ1) is 15.2. The summed E-state index contributed by atoms with van der Waals surface area (Å²) in [5, 5.41) is 15.6. The molecule has 0 aliphatic rings. The second-order valence-corrected chi connectivity index (χ2v) is 8.27. The zero-order valence-electron chi connectivity index (χ0n) is 17.1. The monoisotopic (exact) mass is 458 g/mol. The van der Waals surface area contributed by atoms with Crippen molar-refractivity contribution in [1.29, 1.82) is 0 Å². The van der Waals surface area contributed by atoms with Crippen LogP contribution in [0.4, 0.5) is 21.5 Å². The number of sulfonamides is 1. The van der Waals surface area contributed by atoms with Crippen LogP contribution in [0.2, 0.25) is 0 Å². The highest BCUT2D eigenvalue weighted by atomic mass is 32.2. The fourth-order valence-electron chi connectivity index (χ4n) is 2.70. The number of nitro benzene ring substituents is 1. The fraction of sp³-hybridized carbons (Fsp3) is 0.0952. The molecule has 3 aromatic carbocycles. The number of hydrazone groups is 1. The molecule has 32 heavy (non-hydrogen) atoms. The normalized spacial score (nSPS) is 11.7. The van der Waals surface area contributed by atoms with Gasteiger partial charge in [0.1, 0.15) is 17.3 Å². The van der Waals surface area contributed by atoms with Crippen LogP contribution in [0.3, 0.4) is 0 Å². The lowest BCUT2D eigenvalue weighted by Crippen LogP contribution is -2.13. The van der Waals surface area contributed by atoms with Gasteiger partial charge in [-0.3, -0.25) is 20.3 Å². The van der Waals surface area contributed by atoms with Crippen molar-refractivity contribution < 1.29 is 22.5 Å². The minimum absolute atomic E-state index is 0.000130. The first kappa shape index (κ1) is 22.7. The smallest absolute Gasteiger partial charge is 0.295 e. The molecule has 0 aliphatic heterocycles. The minimum atomic E-state index is -4.08. The van der Waals surface area contributed by atoms with E-state index in [4.69, 9.17) is 4.74 Å². The Labute approximate surface area is 183 Å². The molecule has 0 amide bonds. The third kappa shape index (κ3) is 5.38. The highest BCUT2D eigenvalue weighted by Gasteiger charge is 2.21. The number of methoxy groups -OCH3 is 1. The summed E-state index contributed by atoms with van der Waals surface area (Å²) in [6, 6.07) is 15.2. The predicted molar refractivity (Wildman–Crippen MR) is 119 cm³/mol. The fourth-order valence-corrected chi connectivity index (χ4v) is 3.78. The molecule has 0 aromatic heterocycles. The largest absolute Gasteiger partial charge is 0.497 e. The molecule has 0 fully saturated rings. The van der Waals surface area contributed by atoms with Crippen LogP contribution in [-0.2, 0) is 10.0 Å². The van der Waals surface area contributed by atoms with E-state index in [0.717, 1.165) is 6.07 Å². The van der Waals surface area contributed by atoms with Gasteiger partial charge in [-0.15, -0.1) is 0 Å². The van der Waals surface area contributed by atoms with Gasteiger partial charge in [-0.2, -0.15) is 5.10 Å². The third-order valence-corrected chi connectivity index (χ3v) is 5.80. The average molecular weight is 458 g/mol. The minimum Gasteiger partial charge on any atom is -0.497 e. The summed E-state index contributed by atoms with van der Waals surface area (Å²) < 4.78 is 45.8. The van der Waals surface area contributed by atoms with Crippen molar-refractivity contribution in [2.75, 3.05) is 17.3 Å². The van der Waals surface area contributed by atoms with Gasteiger partial charge in [0, 0.05) is 11.8 Å². The van der Waals surface area contributed by atoms with Crippen LogP contribution in [-0.4, -0.2) is 26.2 Å². The molecule has 166 valence electrons. The molecular formula is C21H19FN4O5S. The van der Waals surface area contributed by atoms with E-state index >= 15 is 0 Å². The number of nitrogens with zero attached hydrogens (tertiary/aromatic N) is 2. The Hall–Kier alpha value is -3.99. The Morgan fingerprint density at radius 2 is 1.72 bits per heavy atom. The standard InChI is InChI=1S/C21H19FN4O5S/c1-14(15-3-5-16(22)6-4-15)23-24-20-12-11-19(13-21(20)26(27)28)32(29,30)25-17-7-9-18(31-2)10-8-17/h3-13,24-25H,1-2H3/b23-14+. The number of benzene rings is 3. The van der Waals surface area contributed by atoms with Gasteiger partial charge in [0.05, 0.1) is 22.6 Å². The number of anilines is 2. The SMILES string of the molecule is COc1ccc(NS(=O)(=O)c2ccc(N/N=C(\C)c3ccc(F)cc3)c([N+](=O)[O-])c2)cc1. The first-order valence-electron chi connectivity index (χ1n) is 9.21. The van der Waals surface area contributed by atoms with Crippen molar-refractivity contribution >= 4 is 32.8 Å². The van der Waals surface area contributed by atoms with Crippen molar-refractivity contribution in [3.8, 4) is 5.75 Å². The summed E-state index contributed by atoms with van der Waals surface area (Å²) in [6.07, 6.45) is 0. The molecule has 0 aliphatic carbocycles. The van der Waals surface area contributed by atoms with E-state index in [2.05, 4.69) is 15.2 Å². The number of nitro groups is 1. The maximum Gasteiger partial charge on any atom is 0.295 e. The Morgan fingerprint density at radius 3 is 2.31 bits per heavy atom. The molecule has 9 nitrogen and oxygen atoms in total. The molecule has 0 spiro atoms. The van der Waals surface area contributed by atoms with Crippen LogP contribution in [0.15, 0.2) is 76.7 Å². The van der Waals surface area contributed by atoms with Crippen molar-refractivity contribution in [2.45, 2.75) is 11.8 Å². The van der Waals surface area contributed by atoms with Crippen molar-refractivity contribution in [3.63, 3.8) is 0 Å². The molecule has 3 aromatic rings. The van der Waals surface area contributed by atoms with E-state index in [-0.39, 0.29) is 16.3 Å². The summed E-state index contributed by atoms with van der Waals surface area (Å²) in [5.74, 6) is 0.153. The Morgan fingerprint density at radius 1 is 1.06 bits per heavy atom. The van der Waals surface area contributed by atoms with Crippen LogP contribution in [0, 0.1) is 15.9 Å². The van der Waals surface area contributed by atoms with Gasteiger partial charge in [0.2, 0.25) is 0 Å². The molecule has 0 unspecified atom stereocenters. The first-order valence-corrected chi connectivity index (χ1v) is 10.7. The van der Waals surface area contributed by atoms with Gasteiger partial charge >= 0.3 is 0 Å². The van der Waals surface area contributed by atoms with Crippen LogP contribution in [0.25, 0.3) is 0 Å². The Kier molecular flexibility index (Phi) is 6.69. The number of rotatable bonds is 8. The molecule has 3 rings (SSSR count). The Balaban J connectivity index is 1.85.